The first kappa shape index (κ1) is 24.0. The molecule has 1 atom stereocenters. The summed E-state index contributed by atoms with van der Waals surface area (Å²) in [5.41, 5.74) is -0.146. The van der Waals surface area contributed by atoms with Crippen molar-refractivity contribution in [3.05, 3.63) is 68.2 Å². The average Bonchev–Trinajstić information content (AvgIpc) is 2.69. The predicted octanol–water partition coefficient (Wildman–Crippen LogP) is 4.56. The summed E-state index contributed by atoms with van der Waals surface area (Å²) in [6.07, 6.45) is 0. The van der Waals surface area contributed by atoms with Gasteiger partial charge in [-0.15, -0.1) is 11.8 Å². The number of carbonyl (C=O) groups excluding carboxylic acids is 2. The highest BCUT2D eigenvalue weighted by Crippen LogP contribution is 2.23. The number of rotatable bonds is 9. The molecule has 0 aromatic heterocycles. The van der Waals surface area contributed by atoms with Gasteiger partial charge in [0.15, 0.2) is 0 Å². The van der Waals surface area contributed by atoms with Crippen molar-refractivity contribution in [2.75, 3.05) is 12.3 Å². The zero-order valence-electron chi connectivity index (χ0n) is 16.4. The normalized spacial score (nSPS) is 11.8. The van der Waals surface area contributed by atoms with E-state index in [4.69, 9.17) is 23.2 Å². The monoisotopic (exact) mass is 469 g/mol. The average molecular weight is 470 g/mol. The molecule has 160 valence electrons. The van der Waals surface area contributed by atoms with E-state index < -0.39 is 16.9 Å². The van der Waals surface area contributed by atoms with E-state index in [0.717, 1.165) is 11.0 Å². The van der Waals surface area contributed by atoms with Gasteiger partial charge in [-0.2, -0.15) is 0 Å². The Kier molecular flexibility index (Phi) is 8.95. The lowest BCUT2D eigenvalue weighted by atomic mass is 10.0. The molecular formula is C20H21Cl2N3O4S. The summed E-state index contributed by atoms with van der Waals surface area (Å²) < 4.78 is 0. The maximum atomic E-state index is 12.6. The van der Waals surface area contributed by atoms with Gasteiger partial charge in [0.1, 0.15) is 6.04 Å². The molecule has 0 heterocycles. The number of benzene rings is 2. The molecule has 0 fully saturated rings. The first-order valence-electron chi connectivity index (χ1n) is 9.10. The fourth-order valence-corrected chi connectivity index (χ4v) is 3.69. The predicted molar refractivity (Wildman–Crippen MR) is 119 cm³/mol. The summed E-state index contributed by atoms with van der Waals surface area (Å²) in [4.78, 5) is 36.4. The van der Waals surface area contributed by atoms with Crippen molar-refractivity contribution in [2.24, 2.45) is 5.92 Å². The molecule has 0 saturated heterocycles. The number of nitrogens with one attached hydrogen (secondary N) is 2. The highest BCUT2D eigenvalue weighted by atomic mass is 35.5. The van der Waals surface area contributed by atoms with E-state index in [2.05, 4.69) is 10.6 Å². The van der Waals surface area contributed by atoms with E-state index in [9.17, 15) is 19.7 Å². The topological polar surface area (TPSA) is 101 Å². The molecule has 10 heteroatoms. The summed E-state index contributed by atoms with van der Waals surface area (Å²) >= 11 is 13.4. The Bertz CT molecular complexity index is 923. The van der Waals surface area contributed by atoms with Gasteiger partial charge in [-0.25, -0.2) is 0 Å². The molecule has 0 bridgehead atoms. The largest absolute Gasteiger partial charge is 0.353 e. The molecule has 0 aliphatic rings. The zero-order chi connectivity index (χ0) is 22.3. The fourth-order valence-electron chi connectivity index (χ4n) is 2.54. The first-order chi connectivity index (χ1) is 14.2. The second kappa shape index (κ2) is 11.2. The number of nitrogens with zero attached hydrogens (tertiary/aromatic N) is 1. The Morgan fingerprint density at radius 3 is 2.37 bits per heavy atom. The van der Waals surface area contributed by atoms with Crippen molar-refractivity contribution in [3.8, 4) is 0 Å². The van der Waals surface area contributed by atoms with Gasteiger partial charge in [-0.3, -0.25) is 19.7 Å². The molecule has 0 unspecified atom stereocenters. The van der Waals surface area contributed by atoms with Crippen LogP contribution < -0.4 is 10.6 Å². The van der Waals surface area contributed by atoms with Crippen LogP contribution in [0.2, 0.25) is 10.0 Å². The molecule has 2 aromatic carbocycles. The highest BCUT2D eigenvalue weighted by Gasteiger charge is 2.25. The van der Waals surface area contributed by atoms with Crippen molar-refractivity contribution in [1.29, 1.82) is 0 Å². The van der Waals surface area contributed by atoms with Crippen molar-refractivity contribution >= 4 is 52.5 Å². The molecule has 2 amide bonds. The van der Waals surface area contributed by atoms with Gasteiger partial charge in [-0.05, 0) is 36.2 Å². The molecule has 2 aromatic rings. The van der Waals surface area contributed by atoms with Gasteiger partial charge in [0.05, 0.1) is 15.5 Å². The summed E-state index contributed by atoms with van der Waals surface area (Å²) in [5, 5.41) is 16.9. The number of non-ortho nitro benzene ring substituents is 1. The van der Waals surface area contributed by atoms with Crippen LogP contribution in [0.4, 0.5) is 5.69 Å². The molecule has 0 saturated carbocycles. The van der Waals surface area contributed by atoms with Gasteiger partial charge in [0.2, 0.25) is 5.91 Å². The van der Waals surface area contributed by atoms with E-state index in [1.54, 1.807) is 23.9 Å². The highest BCUT2D eigenvalue weighted by molar-refractivity contribution is 7.99. The number of nitro groups is 1. The van der Waals surface area contributed by atoms with Crippen LogP contribution in [0.15, 0.2) is 47.4 Å². The third-order valence-electron chi connectivity index (χ3n) is 4.13. The van der Waals surface area contributed by atoms with E-state index in [-0.39, 0.29) is 28.1 Å². The molecule has 2 rings (SSSR count). The minimum Gasteiger partial charge on any atom is -0.353 e. The molecule has 0 radical (unpaired) electrons. The molecule has 0 aliphatic carbocycles. The Morgan fingerprint density at radius 1 is 1.13 bits per heavy atom. The van der Waals surface area contributed by atoms with Crippen LogP contribution in [-0.2, 0) is 4.79 Å². The third-order valence-corrected chi connectivity index (χ3v) is 5.71. The van der Waals surface area contributed by atoms with Crippen molar-refractivity contribution < 1.29 is 14.5 Å². The van der Waals surface area contributed by atoms with Crippen molar-refractivity contribution in [1.82, 2.24) is 10.6 Å². The third kappa shape index (κ3) is 6.90. The van der Waals surface area contributed by atoms with Crippen LogP contribution in [0.25, 0.3) is 0 Å². The minimum atomic E-state index is -0.774. The Balaban J connectivity index is 1.92. The second-order valence-corrected chi connectivity index (χ2v) is 8.72. The zero-order valence-corrected chi connectivity index (χ0v) is 18.7. The van der Waals surface area contributed by atoms with Gasteiger partial charge >= 0.3 is 0 Å². The lowest BCUT2D eigenvalue weighted by Gasteiger charge is -2.22. The van der Waals surface area contributed by atoms with Crippen LogP contribution in [0.5, 0.6) is 0 Å². The summed E-state index contributed by atoms with van der Waals surface area (Å²) in [7, 11) is 0. The number of hydrogen-bond donors (Lipinski definition) is 2. The van der Waals surface area contributed by atoms with Crippen LogP contribution in [0, 0.1) is 16.0 Å². The first-order valence-corrected chi connectivity index (χ1v) is 10.8. The van der Waals surface area contributed by atoms with Crippen LogP contribution in [0.3, 0.4) is 0 Å². The van der Waals surface area contributed by atoms with Crippen LogP contribution >= 0.6 is 35.0 Å². The molecular weight excluding hydrogens is 449 g/mol. The maximum Gasteiger partial charge on any atom is 0.270 e. The van der Waals surface area contributed by atoms with E-state index in [0.29, 0.717) is 17.3 Å². The standard InChI is InChI=1S/C20H21Cl2N3O4S/c1-12(2)18(20(27)23-9-10-30-15-6-3-13(21)4-7-15)24-19(26)16-8-5-14(25(28)29)11-17(16)22/h3-8,11-12,18H,9-10H2,1-2H3,(H,23,27)(H,24,26)/t18-/m0/s1. The SMILES string of the molecule is CC(C)[C@H](NC(=O)c1ccc([N+](=O)[O-])cc1Cl)C(=O)NCCSc1ccc(Cl)cc1. The fraction of sp³-hybridized carbons (Fsp3) is 0.300. The summed E-state index contributed by atoms with van der Waals surface area (Å²) in [6.45, 7) is 4.04. The number of carbonyl (C=O) groups is 2. The molecule has 0 spiro atoms. The molecule has 2 N–H and O–H groups in total. The van der Waals surface area contributed by atoms with Gasteiger partial charge in [0.25, 0.3) is 11.6 Å². The number of halogens is 2. The molecule has 30 heavy (non-hydrogen) atoms. The van der Waals surface area contributed by atoms with Crippen LogP contribution in [-0.4, -0.2) is 35.1 Å². The number of thioether (sulfide) groups is 1. The summed E-state index contributed by atoms with van der Waals surface area (Å²) in [5.74, 6) is -0.401. The van der Waals surface area contributed by atoms with Crippen molar-refractivity contribution in [3.63, 3.8) is 0 Å². The molecule has 0 aliphatic heterocycles. The van der Waals surface area contributed by atoms with Gasteiger partial charge in [-0.1, -0.05) is 37.0 Å². The number of nitro benzene ring substituents is 1. The maximum absolute atomic E-state index is 12.6. The quantitative estimate of drug-likeness (QED) is 0.242. The number of amides is 2. The van der Waals surface area contributed by atoms with Crippen molar-refractivity contribution in [2.45, 2.75) is 24.8 Å². The lowest BCUT2D eigenvalue weighted by Crippen LogP contribution is -2.50. The molecule has 7 nitrogen and oxygen atoms in total. The van der Waals surface area contributed by atoms with Gasteiger partial charge < -0.3 is 10.6 Å². The smallest absolute Gasteiger partial charge is 0.270 e. The Hall–Kier alpha value is -2.29. The van der Waals surface area contributed by atoms with Crippen LogP contribution in [0.1, 0.15) is 24.2 Å². The Morgan fingerprint density at radius 2 is 1.80 bits per heavy atom. The van der Waals surface area contributed by atoms with E-state index in [1.807, 2.05) is 26.0 Å². The second-order valence-electron chi connectivity index (χ2n) is 6.71. The lowest BCUT2D eigenvalue weighted by molar-refractivity contribution is -0.384. The van der Waals surface area contributed by atoms with Gasteiger partial charge in [0, 0.05) is 34.3 Å². The summed E-state index contributed by atoms with van der Waals surface area (Å²) in [6, 6.07) is 10.2. The minimum absolute atomic E-state index is 0.0519. The Labute approximate surface area is 188 Å². The van der Waals surface area contributed by atoms with E-state index in [1.165, 1.54) is 12.1 Å². The number of hydrogen-bond acceptors (Lipinski definition) is 5. The van der Waals surface area contributed by atoms with E-state index >= 15 is 0 Å².